The normalized spacial score (nSPS) is 13.7. The van der Waals surface area contributed by atoms with Crippen LogP contribution in [0.25, 0.3) is 17.0 Å². The highest BCUT2D eigenvalue weighted by atomic mass is 16.6. The predicted molar refractivity (Wildman–Crippen MR) is 120 cm³/mol. The number of carbonyl (C=O) groups excluding carboxylic acids is 2. The number of esters is 1. The zero-order valence-corrected chi connectivity index (χ0v) is 18.7. The second-order valence-corrected chi connectivity index (χ2v) is 8.47. The van der Waals surface area contributed by atoms with Gasteiger partial charge < -0.3 is 14.5 Å². The van der Waals surface area contributed by atoms with E-state index in [1.54, 1.807) is 6.08 Å². The van der Waals surface area contributed by atoms with Crippen LogP contribution in [0.3, 0.4) is 0 Å². The molecule has 1 aromatic heterocycles. The largest absolute Gasteiger partial charge is 0.455 e. The van der Waals surface area contributed by atoms with E-state index < -0.39 is 11.6 Å². The van der Waals surface area contributed by atoms with Crippen LogP contribution in [0.4, 0.5) is 0 Å². The molecule has 0 fully saturated rings. The zero-order valence-electron chi connectivity index (χ0n) is 18.7. The number of aromatic nitrogens is 1. The Bertz CT molecular complexity index is 1020. The fraction of sp³-hybridized carbons (Fsp3) is 0.417. The third-order valence-corrected chi connectivity index (χ3v) is 4.87. The van der Waals surface area contributed by atoms with Gasteiger partial charge in [0.1, 0.15) is 11.3 Å². The van der Waals surface area contributed by atoms with Gasteiger partial charge in [-0.3, -0.25) is 9.79 Å². The average molecular weight is 424 g/mol. The first-order valence-corrected chi connectivity index (χ1v) is 10.6. The van der Waals surface area contributed by atoms with Gasteiger partial charge in [0.05, 0.1) is 12.7 Å². The van der Waals surface area contributed by atoms with Gasteiger partial charge in [-0.1, -0.05) is 26.0 Å². The lowest BCUT2D eigenvalue weighted by molar-refractivity contribution is -0.146. The minimum atomic E-state index is -0.570. The Morgan fingerprint density at radius 2 is 1.90 bits per heavy atom. The van der Waals surface area contributed by atoms with Gasteiger partial charge in [-0.15, -0.1) is 0 Å². The number of nitrogens with one attached hydrogen (secondary N) is 1. The number of oxazole rings is 1. The number of benzene rings is 1. The summed E-state index contributed by atoms with van der Waals surface area (Å²) in [4.78, 5) is 33.2. The van der Waals surface area contributed by atoms with E-state index in [1.807, 2.05) is 58.9 Å². The van der Waals surface area contributed by atoms with Gasteiger partial charge in [0.2, 0.25) is 11.7 Å². The first-order chi connectivity index (χ1) is 14.7. The molecular weight excluding hydrogens is 394 g/mol. The van der Waals surface area contributed by atoms with Crippen LogP contribution in [0.2, 0.25) is 0 Å². The highest BCUT2D eigenvalue weighted by Crippen LogP contribution is 2.26. The Hall–Kier alpha value is -3.22. The number of carbonyl (C=O) groups is 2. The maximum absolute atomic E-state index is 12.4. The first kappa shape index (κ1) is 22.5. The monoisotopic (exact) mass is 423 g/mol. The molecule has 0 saturated heterocycles. The number of hydrogen-bond donors (Lipinski definition) is 1. The van der Waals surface area contributed by atoms with Gasteiger partial charge in [-0.05, 0) is 63.0 Å². The van der Waals surface area contributed by atoms with E-state index in [4.69, 9.17) is 9.15 Å². The Morgan fingerprint density at radius 3 is 2.58 bits per heavy atom. The van der Waals surface area contributed by atoms with E-state index in [1.165, 1.54) is 6.20 Å². The zero-order chi connectivity index (χ0) is 22.6. The third kappa shape index (κ3) is 5.69. The Kier molecular flexibility index (Phi) is 6.73. The van der Waals surface area contributed by atoms with E-state index in [0.29, 0.717) is 18.1 Å². The minimum Gasteiger partial charge on any atom is -0.455 e. The quantitative estimate of drug-likeness (QED) is 0.665. The molecule has 0 atom stereocenters. The summed E-state index contributed by atoms with van der Waals surface area (Å²) in [6, 6.07) is 7.70. The lowest BCUT2D eigenvalue weighted by Gasteiger charge is -2.18. The molecule has 3 rings (SSSR count). The lowest BCUT2D eigenvalue weighted by Crippen LogP contribution is -2.33. The van der Waals surface area contributed by atoms with Crippen molar-refractivity contribution in [2.75, 3.05) is 6.54 Å². The van der Waals surface area contributed by atoms with E-state index >= 15 is 0 Å². The molecule has 1 amide bonds. The van der Waals surface area contributed by atoms with Gasteiger partial charge in [0.15, 0.2) is 0 Å². The Balaban J connectivity index is 1.75. The van der Waals surface area contributed by atoms with Crippen molar-refractivity contribution in [3.8, 4) is 11.5 Å². The molecule has 0 unspecified atom stereocenters. The van der Waals surface area contributed by atoms with Crippen LogP contribution in [0.1, 0.15) is 63.6 Å². The third-order valence-electron chi connectivity index (χ3n) is 4.87. The summed E-state index contributed by atoms with van der Waals surface area (Å²) in [5, 5.41) is 2.94. The van der Waals surface area contributed by atoms with Gasteiger partial charge in [-0.2, -0.15) is 0 Å². The number of rotatable bonds is 7. The summed E-state index contributed by atoms with van der Waals surface area (Å²) in [6.45, 7) is 9.92. The number of ether oxygens (including phenoxy) is 1. The molecule has 7 heteroatoms. The number of aliphatic imine (C=N–C) groups is 1. The molecule has 0 aliphatic carbocycles. The van der Waals surface area contributed by atoms with Crippen LogP contribution >= 0.6 is 0 Å². The maximum atomic E-state index is 12.4. The van der Waals surface area contributed by atoms with E-state index in [-0.39, 0.29) is 17.7 Å². The van der Waals surface area contributed by atoms with Crippen LogP contribution < -0.4 is 5.32 Å². The molecule has 0 saturated carbocycles. The van der Waals surface area contributed by atoms with Gasteiger partial charge in [-0.25, -0.2) is 9.78 Å². The van der Waals surface area contributed by atoms with Gasteiger partial charge in [0.25, 0.3) is 5.91 Å². The van der Waals surface area contributed by atoms with E-state index in [2.05, 4.69) is 15.3 Å². The molecule has 164 valence electrons. The molecule has 7 nitrogen and oxygen atoms in total. The van der Waals surface area contributed by atoms with Gasteiger partial charge >= 0.3 is 5.97 Å². The maximum Gasteiger partial charge on any atom is 0.357 e. The summed E-state index contributed by atoms with van der Waals surface area (Å²) in [6.07, 6.45) is 4.90. The SMILES string of the molecule is CCC(CC)NC(=O)c1cnc(-c2cccc(C3=CC(C(=O)OC(C)(C)C)=NC3)c2)o1. The standard InChI is InChI=1S/C24H29N3O4/c1-6-18(7-2)27-21(28)20-14-26-22(30-20)16-10-8-9-15(11-16)17-12-19(25-13-17)23(29)31-24(3,4)5/h8-12,14,18H,6-7,13H2,1-5H3,(H,27,28). The van der Waals surface area contributed by atoms with Crippen LogP contribution in [-0.4, -0.2) is 40.8 Å². The summed E-state index contributed by atoms with van der Waals surface area (Å²) < 4.78 is 11.1. The van der Waals surface area contributed by atoms with E-state index in [0.717, 1.165) is 29.5 Å². The molecule has 1 N–H and O–H groups in total. The molecule has 0 radical (unpaired) electrons. The highest BCUT2D eigenvalue weighted by molar-refractivity contribution is 6.43. The molecule has 0 spiro atoms. The summed E-state index contributed by atoms with van der Waals surface area (Å²) in [5.74, 6) is -0.150. The van der Waals surface area contributed by atoms with Crippen molar-refractivity contribution in [2.45, 2.75) is 59.1 Å². The highest BCUT2D eigenvalue weighted by Gasteiger charge is 2.23. The van der Waals surface area contributed by atoms with Crippen LogP contribution in [0, 0.1) is 0 Å². The molecule has 1 aliphatic rings. The number of amides is 1. The second kappa shape index (κ2) is 9.29. The van der Waals surface area contributed by atoms with Crippen LogP contribution in [0.5, 0.6) is 0 Å². The Morgan fingerprint density at radius 1 is 1.19 bits per heavy atom. The summed E-state index contributed by atoms with van der Waals surface area (Å²) in [5.41, 5.74) is 2.29. The molecule has 1 aromatic carbocycles. The number of nitrogens with zero attached hydrogens (tertiary/aromatic N) is 2. The van der Waals surface area contributed by atoms with Crippen molar-refractivity contribution < 1.29 is 18.7 Å². The smallest absolute Gasteiger partial charge is 0.357 e. The Labute approximate surface area is 182 Å². The van der Waals surface area contributed by atoms with Crippen molar-refractivity contribution in [3.63, 3.8) is 0 Å². The average Bonchev–Trinajstić information content (AvgIpc) is 3.41. The molecule has 31 heavy (non-hydrogen) atoms. The topological polar surface area (TPSA) is 93.8 Å². The van der Waals surface area contributed by atoms with Crippen LogP contribution in [-0.2, 0) is 9.53 Å². The van der Waals surface area contributed by atoms with Crippen molar-refractivity contribution in [2.24, 2.45) is 4.99 Å². The first-order valence-electron chi connectivity index (χ1n) is 10.6. The van der Waals surface area contributed by atoms with Crippen molar-refractivity contribution >= 4 is 23.2 Å². The lowest BCUT2D eigenvalue weighted by atomic mass is 10.0. The molecule has 0 bridgehead atoms. The molecule has 2 aromatic rings. The fourth-order valence-electron chi connectivity index (χ4n) is 3.17. The second-order valence-electron chi connectivity index (χ2n) is 8.47. The summed E-state index contributed by atoms with van der Waals surface area (Å²) in [7, 11) is 0. The van der Waals surface area contributed by atoms with Crippen molar-refractivity contribution in [1.29, 1.82) is 0 Å². The van der Waals surface area contributed by atoms with Crippen molar-refractivity contribution in [3.05, 3.63) is 47.9 Å². The molecular formula is C24H29N3O4. The predicted octanol–water partition coefficient (Wildman–Crippen LogP) is 4.44. The van der Waals surface area contributed by atoms with E-state index in [9.17, 15) is 9.59 Å². The summed E-state index contributed by atoms with van der Waals surface area (Å²) >= 11 is 0. The van der Waals surface area contributed by atoms with Crippen molar-refractivity contribution in [1.82, 2.24) is 10.3 Å². The fourth-order valence-corrected chi connectivity index (χ4v) is 3.17. The number of hydrogen-bond acceptors (Lipinski definition) is 6. The molecule has 2 heterocycles. The van der Waals surface area contributed by atoms with Crippen LogP contribution in [0.15, 0.2) is 45.9 Å². The van der Waals surface area contributed by atoms with Gasteiger partial charge in [0, 0.05) is 11.6 Å². The minimum absolute atomic E-state index is 0.109. The molecule has 1 aliphatic heterocycles.